The van der Waals surface area contributed by atoms with E-state index in [-0.39, 0.29) is 0 Å². The standard InChI is InChI=1S/C10H20BrN/c1-3-10(4-2)12-7-5-6-9(11)8-12/h9-10H,3-8H2,1-2H3. The van der Waals surface area contributed by atoms with Crippen molar-refractivity contribution in [2.45, 2.75) is 50.4 Å². The van der Waals surface area contributed by atoms with E-state index in [0.29, 0.717) is 0 Å². The van der Waals surface area contributed by atoms with Crippen LogP contribution in [0, 0.1) is 0 Å². The molecule has 1 nitrogen and oxygen atoms in total. The van der Waals surface area contributed by atoms with Crippen LogP contribution in [0.5, 0.6) is 0 Å². The quantitative estimate of drug-likeness (QED) is 0.678. The van der Waals surface area contributed by atoms with Crippen LogP contribution >= 0.6 is 15.9 Å². The van der Waals surface area contributed by atoms with Gasteiger partial charge in [0, 0.05) is 17.4 Å². The van der Waals surface area contributed by atoms with Crippen molar-refractivity contribution in [3.05, 3.63) is 0 Å². The Morgan fingerprint density at radius 3 is 2.58 bits per heavy atom. The largest absolute Gasteiger partial charge is 0.299 e. The molecule has 0 radical (unpaired) electrons. The lowest BCUT2D eigenvalue weighted by Crippen LogP contribution is -2.42. The monoisotopic (exact) mass is 233 g/mol. The van der Waals surface area contributed by atoms with Crippen LogP contribution in [0.4, 0.5) is 0 Å². The lowest BCUT2D eigenvalue weighted by Gasteiger charge is -2.35. The fraction of sp³-hybridized carbons (Fsp3) is 1.00. The molecule has 0 aromatic heterocycles. The molecular formula is C10H20BrN. The molecule has 0 aromatic rings. The predicted molar refractivity (Wildman–Crippen MR) is 57.9 cm³/mol. The van der Waals surface area contributed by atoms with Crippen molar-refractivity contribution in [3.63, 3.8) is 0 Å². The number of likely N-dealkylation sites (tertiary alicyclic amines) is 1. The first-order valence-electron chi connectivity index (χ1n) is 5.16. The number of halogens is 1. The number of piperidine rings is 1. The summed E-state index contributed by atoms with van der Waals surface area (Å²) in [5.41, 5.74) is 0. The minimum Gasteiger partial charge on any atom is -0.299 e. The average molecular weight is 234 g/mol. The third-order valence-corrected chi connectivity index (χ3v) is 3.60. The van der Waals surface area contributed by atoms with Gasteiger partial charge >= 0.3 is 0 Å². The normalized spacial score (nSPS) is 26.5. The summed E-state index contributed by atoms with van der Waals surface area (Å²) in [6.45, 7) is 7.17. The van der Waals surface area contributed by atoms with Crippen molar-refractivity contribution in [3.8, 4) is 0 Å². The van der Waals surface area contributed by atoms with Gasteiger partial charge in [0.2, 0.25) is 0 Å². The van der Waals surface area contributed by atoms with Crippen LogP contribution in [0.1, 0.15) is 39.5 Å². The van der Waals surface area contributed by atoms with Crippen molar-refractivity contribution in [2.75, 3.05) is 13.1 Å². The molecule has 1 atom stereocenters. The molecule has 12 heavy (non-hydrogen) atoms. The van der Waals surface area contributed by atoms with E-state index in [9.17, 15) is 0 Å². The summed E-state index contributed by atoms with van der Waals surface area (Å²) in [6, 6.07) is 0.824. The maximum Gasteiger partial charge on any atom is 0.0273 e. The van der Waals surface area contributed by atoms with Gasteiger partial charge in [0.05, 0.1) is 0 Å². The molecule has 2 heteroatoms. The van der Waals surface area contributed by atoms with Crippen LogP contribution < -0.4 is 0 Å². The summed E-state index contributed by atoms with van der Waals surface area (Å²) in [5.74, 6) is 0. The maximum atomic E-state index is 3.71. The van der Waals surface area contributed by atoms with Gasteiger partial charge in [-0.2, -0.15) is 0 Å². The molecule has 0 aliphatic carbocycles. The second-order valence-corrected chi connectivity index (χ2v) is 5.00. The average Bonchev–Trinajstić information content (AvgIpc) is 2.07. The fourth-order valence-electron chi connectivity index (χ4n) is 2.09. The summed E-state index contributed by atoms with van der Waals surface area (Å²) in [7, 11) is 0. The molecule has 1 heterocycles. The van der Waals surface area contributed by atoms with E-state index >= 15 is 0 Å². The Hall–Kier alpha value is 0.440. The zero-order valence-corrected chi connectivity index (χ0v) is 9.81. The Balaban J connectivity index is 2.38. The van der Waals surface area contributed by atoms with Crippen molar-refractivity contribution in [2.24, 2.45) is 0 Å². The van der Waals surface area contributed by atoms with E-state index in [2.05, 4.69) is 34.7 Å². The Kier molecular flexibility index (Phi) is 4.59. The summed E-state index contributed by atoms with van der Waals surface area (Å²) in [6.07, 6.45) is 5.33. The maximum absolute atomic E-state index is 3.71. The summed E-state index contributed by atoms with van der Waals surface area (Å²) < 4.78 is 0. The Bertz CT molecular complexity index is 123. The summed E-state index contributed by atoms with van der Waals surface area (Å²) in [5, 5.41) is 0. The van der Waals surface area contributed by atoms with Crippen LogP contribution in [0.2, 0.25) is 0 Å². The first kappa shape index (κ1) is 10.5. The zero-order valence-electron chi connectivity index (χ0n) is 8.22. The Morgan fingerprint density at radius 1 is 1.42 bits per heavy atom. The van der Waals surface area contributed by atoms with Crippen LogP contribution in [-0.4, -0.2) is 28.9 Å². The smallest absolute Gasteiger partial charge is 0.0273 e. The van der Waals surface area contributed by atoms with Gasteiger partial charge < -0.3 is 0 Å². The van der Waals surface area contributed by atoms with Gasteiger partial charge in [0.15, 0.2) is 0 Å². The van der Waals surface area contributed by atoms with Gasteiger partial charge in [0.25, 0.3) is 0 Å². The number of alkyl halides is 1. The van der Waals surface area contributed by atoms with E-state index in [1.54, 1.807) is 0 Å². The summed E-state index contributed by atoms with van der Waals surface area (Å²) >= 11 is 3.71. The molecule has 72 valence electrons. The minimum absolute atomic E-state index is 0.742. The second-order valence-electron chi connectivity index (χ2n) is 3.70. The van der Waals surface area contributed by atoms with Gasteiger partial charge in [-0.3, -0.25) is 4.90 Å². The second kappa shape index (κ2) is 5.23. The Morgan fingerprint density at radius 2 is 2.08 bits per heavy atom. The van der Waals surface area contributed by atoms with Gasteiger partial charge in [-0.15, -0.1) is 0 Å². The molecule has 1 saturated heterocycles. The molecule has 0 bridgehead atoms. The highest BCUT2D eigenvalue weighted by Crippen LogP contribution is 2.20. The van der Waals surface area contributed by atoms with Gasteiger partial charge in [-0.05, 0) is 32.2 Å². The van der Waals surface area contributed by atoms with Crippen LogP contribution in [0.3, 0.4) is 0 Å². The molecule has 1 unspecified atom stereocenters. The van der Waals surface area contributed by atoms with Crippen molar-refractivity contribution >= 4 is 15.9 Å². The van der Waals surface area contributed by atoms with E-state index in [1.165, 1.54) is 38.8 Å². The van der Waals surface area contributed by atoms with Crippen molar-refractivity contribution in [1.29, 1.82) is 0 Å². The molecule has 0 aromatic carbocycles. The first-order valence-corrected chi connectivity index (χ1v) is 6.07. The highest BCUT2D eigenvalue weighted by atomic mass is 79.9. The van der Waals surface area contributed by atoms with E-state index in [1.807, 2.05) is 0 Å². The first-order chi connectivity index (χ1) is 5.77. The molecule has 1 fully saturated rings. The van der Waals surface area contributed by atoms with Crippen LogP contribution in [0.15, 0.2) is 0 Å². The van der Waals surface area contributed by atoms with E-state index in [4.69, 9.17) is 0 Å². The van der Waals surface area contributed by atoms with E-state index in [0.717, 1.165) is 10.9 Å². The molecule has 0 amide bonds. The van der Waals surface area contributed by atoms with Crippen molar-refractivity contribution < 1.29 is 0 Å². The lowest BCUT2D eigenvalue weighted by atomic mass is 10.1. The number of hydrogen-bond acceptors (Lipinski definition) is 1. The fourth-order valence-corrected chi connectivity index (χ4v) is 2.79. The van der Waals surface area contributed by atoms with Crippen molar-refractivity contribution in [1.82, 2.24) is 4.90 Å². The number of nitrogens with zero attached hydrogens (tertiary/aromatic N) is 1. The SMILES string of the molecule is CCC(CC)N1CCCC(Br)C1. The zero-order chi connectivity index (χ0) is 8.97. The molecular weight excluding hydrogens is 214 g/mol. The third-order valence-electron chi connectivity index (χ3n) is 2.85. The van der Waals surface area contributed by atoms with Crippen LogP contribution in [-0.2, 0) is 0 Å². The minimum atomic E-state index is 0.742. The Labute approximate surface area is 84.6 Å². The summed E-state index contributed by atoms with van der Waals surface area (Å²) in [4.78, 5) is 3.38. The molecule has 1 aliphatic rings. The van der Waals surface area contributed by atoms with Crippen LogP contribution in [0.25, 0.3) is 0 Å². The molecule has 0 spiro atoms. The number of rotatable bonds is 3. The highest BCUT2D eigenvalue weighted by molar-refractivity contribution is 9.09. The molecule has 0 saturated carbocycles. The van der Waals surface area contributed by atoms with Gasteiger partial charge in [-0.25, -0.2) is 0 Å². The highest BCUT2D eigenvalue weighted by Gasteiger charge is 2.21. The van der Waals surface area contributed by atoms with Gasteiger partial charge in [-0.1, -0.05) is 29.8 Å². The van der Waals surface area contributed by atoms with E-state index < -0.39 is 0 Å². The molecule has 1 rings (SSSR count). The predicted octanol–water partition coefficient (Wildman–Crippen LogP) is 3.03. The third kappa shape index (κ3) is 2.74. The lowest BCUT2D eigenvalue weighted by molar-refractivity contribution is 0.160. The number of hydrogen-bond donors (Lipinski definition) is 0. The van der Waals surface area contributed by atoms with Gasteiger partial charge in [0.1, 0.15) is 0 Å². The molecule has 0 N–H and O–H groups in total. The topological polar surface area (TPSA) is 3.24 Å². The molecule has 1 aliphatic heterocycles.